The second kappa shape index (κ2) is 6.50. The van der Waals surface area contributed by atoms with E-state index >= 15 is 0 Å². The molecule has 1 saturated carbocycles. The summed E-state index contributed by atoms with van der Waals surface area (Å²) in [5.41, 5.74) is 0.899. The van der Waals surface area contributed by atoms with E-state index in [4.69, 9.17) is 4.74 Å². The Morgan fingerprint density at radius 2 is 2.17 bits per heavy atom. The lowest BCUT2D eigenvalue weighted by Gasteiger charge is -2.26. The molecule has 98 valence electrons. The normalized spacial score (nSPS) is 23.6. The first-order valence-corrected chi connectivity index (χ1v) is 6.50. The second-order valence-electron chi connectivity index (χ2n) is 4.75. The standard InChI is InChI=1S/C14H20N2O2/c1-18-13-7-5-11(6-8-13)14(17)16-10-12-4-2-3-9-15-12/h2-4,9,11,13H,5-8,10H2,1H3,(H,16,17). The first kappa shape index (κ1) is 13.0. The Balaban J connectivity index is 1.75. The number of amides is 1. The van der Waals surface area contributed by atoms with Gasteiger partial charge in [0.15, 0.2) is 0 Å². The van der Waals surface area contributed by atoms with Crippen molar-refractivity contribution in [1.82, 2.24) is 10.3 Å². The molecule has 18 heavy (non-hydrogen) atoms. The maximum atomic E-state index is 12.0. The maximum Gasteiger partial charge on any atom is 0.223 e. The van der Waals surface area contributed by atoms with E-state index in [1.54, 1.807) is 13.3 Å². The maximum absolute atomic E-state index is 12.0. The van der Waals surface area contributed by atoms with Crippen LogP contribution in [0.2, 0.25) is 0 Å². The molecular weight excluding hydrogens is 228 g/mol. The van der Waals surface area contributed by atoms with E-state index in [0.717, 1.165) is 31.4 Å². The minimum atomic E-state index is 0.139. The zero-order valence-corrected chi connectivity index (χ0v) is 10.8. The van der Waals surface area contributed by atoms with Crippen molar-refractivity contribution in [1.29, 1.82) is 0 Å². The summed E-state index contributed by atoms with van der Waals surface area (Å²) in [6, 6.07) is 5.72. The molecule has 1 aliphatic rings. The van der Waals surface area contributed by atoms with Crippen LogP contribution < -0.4 is 5.32 Å². The number of aromatic nitrogens is 1. The first-order valence-electron chi connectivity index (χ1n) is 6.50. The molecule has 1 aromatic heterocycles. The summed E-state index contributed by atoms with van der Waals surface area (Å²) >= 11 is 0. The Morgan fingerprint density at radius 1 is 1.39 bits per heavy atom. The fraction of sp³-hybridized carbons (Fsp3) is 0.571. The molecule has 0 radical (unpaired) electrons. The summed E-state index contributed by atoms with van der Waals surface area (Å²) in [5.74, 6) is 0.287. The number of carbonyl (C=O) groups excluding carboxylic acids is 1. The molecule has 1 amide bonds. The summed E-state index contributed by atoms with van der Waals surface area (Å²) in [6.07, 6.45) is 5.89. The third-order valence-corrected chi connectivity index (χ3v) is 3.55. The third-order valence-electron chi connectivity index (χ3n) is 3.55. The summed E-state index contributed by atoms with van der Waals surface area (Å²) in [5, 5.41) is 2.96. The molecule has 4 heteroatoms. The number of carbonyl (C=O) groups is 1. The van der Waals surface area contributed by atoms with Gasteiger partial charge in [-0.1, -0.05) is 6.07 Å². The van der Waals surface area contributed by atoms with Crippen LogP contribution in [-0.2, 0) is 16.1 Å². The fourth-order valence-electron chi connectivity index (χ4n) is 2.39. The van der Waals surface area contributed by atoms with Gasteiger partial charge in [0.2, 0.25) is 5.91 Å². The largest absolute Gasteiger partial charge is 0.381 e. The van der Waals surface area contributed by atoms with Crippen LogP contribution in [0.3, 0.4) is 0 Å². The van der Waals surface area contributed by atoms with E-state index in [-0.39, 0.29) is 11.8 Å². The molecule has 1 aliphatic carbocycles. The summed E-state index contributed by atoms with van der Waals surface area (Å²) < 4.78 is 5.31. The van der Waals surface area contributed by atoms with Crippen molar-refractivity contribution in [3.8, 4) is 0 Å². The van der Waals surface area contributed by atoms with Gasteiger partial charge in [-0.3, -0.25) is 9.78 Å². The fourth-order valence-corrected chi connectivity index (χ4v) is 2.39. The predicted octanol–water partition coefficient (Wildman–Crippen LogP) is 1.90. The summed E-state index contributed by atoms with van der Waals surface area (Å²) in [6.45, 7) is 0.518. The zero-order valence-electron chi connectivity index (χ0n) is 10.8. The summed E-state index contributed by atoms with van der Waals surface area (Å²) in [7, 11) is 1.74. The Morgan fingerprint density at radius 3 is 2.78 bits per heavy atom. The molecule has 1 N–H and O–H groups in total. The molecule has 1 heterocycles. The Labute approximate surface area is 108 Å². The van der Waals surface area contributed by atoms with Crippen LogP contribution in [0.5, 0.6) is 0 Å². The summed E-state index contributed by atoms with van der Waals surface area (Å²) in [4.78, 5) is 16.2. The van der Waals surface area contributed by atoms with Gasteiger partial charge in [0.05, 0.1) is 18.3 Å². The number of nitrogens with one attached hydrogen (secondary N) is 1. The van der Waals surface area contributed by atoms with Gasteiger partial charge < -0.3 is 10.1 Å². The third kappa shape index (κ3) is 3.53. The number of rotatable bonds is 4. The van der Waals surface area contributed by atoms with Crippen molar-refractivity contribution >= 4 is 5.91 Å². The molecule has 0 unspecified atom stereocenters. The van der Waals surface area contributed by atoms with Crippen LogP contribution in [0.1, 0.15) is 31.4 Å². The SMILES string of the molecule is COC1CCC(C(=O)NCc2ccccn2)CC1. The molecule has 0 spiro atoms. The quantitative estimate of drug-likeness (QED) is 0.885. The molecule has 0 saturated heterocycles. The zero-order chi connectivity index (χ0) is 12.8. The minimum Gasteiger partial charge on any atom is -0.381 e. The molecule has 0 bridgehead atoms. The molecule has 0 aliphatic heterocycles. The lowest BCUT2D eigenvalue weighted by Crippen LogP contribution is -2.34. The highest BCUT2D eigenvalue weighted by molar-refractivity contribution is 5.78. The van der Waals surface area contributed by atoms with Gasteiger partial charge >= 0.3 is 0 Å². The van der Waals surface area contributed by atoms with Crippen LogP contribution in [-0.4, -0.2) is 24.1 Å². The van der Waals surface area contributed by atoms with E-state index < -0.39 is 0 Å². The van der Waals surface area contributed by atoms with Crippen molar-refractivity contribution in [2.24, 2.45) is 5.92 Å². The van der Waals surface area contributed by atoms with Crippen molar-refractivity contribution < 1.29 is 9.53 Å². The number of hydrogen-bond acceptors (Lipinski definition) is 3. The van der Waals surface area contributed by atoms with Gasteiger partial charge in [-0.05, 0) is 37.8 Å². The lowest BCUT2D eigenvalue weighted by molar-refractivity contribution is -0.126. The van der Waals surface area contributed by atoms with E-state index in [1.807, 2.05) is 18.2 Å². The monoisotopic (exact) mass is 248 g/mol. The molecule has 0 atom stereocenters. The van der Waals surface area contributed by atoms with Crippen molar-refractivity contribution in [2.45, 2.75) is 38.3 Å². The van der Waals surface area contributed by atoms with Crippen LogP contribution in [0.15, 0.2) is 24.4 Å². The van der Waals surface area contributed by atoms with Gasteiger partial charge in [-0.15, -0.1) is 0 Å². The molecule has 1 fully saturated rings. The Bertz CT molecular complexity index is 373. The highest BCUT2D eigenvalue weighted by atomic mass is 16.5. The molecule has 1 aromatic rings. The Kier molecular flexibility index (Phi) is 4.70. The van der Waals surface area contributed by atoms with Crippen LogP contribution >= 0.6 is 0 Å². The smallest absolute Gasteiger partial charge is 0.223 e. The number of ether oxygens (including phenoxy) is 1. The molecule has 0 aromatic carbocycles. The Hall–Kier alpha value is -1.42. The predicted molar refractivity (Wildman–Crippen MR) is 68.8 cm³/mol. The molecule has 4 nitrogen and oxygen atoms in total. The van der Waals surface area contributed by atoms with E-state index in [1.165, 1.54) is 0 Å². The van der Waals surface area contributed by atoms with Crippen LogP contribution in [0.4, 0.5) is 0 Å². The van der Waals surface area contributed by atoms with Gasteiger partial charge in [0.1, 0.15) is 0 Å². The minimum absolute atomic E-state index is 0.139. The van der Waals surface area contributed by atoms with Gasteiger partial charge in [0, 0.05) is 19.2 Å². The van der Waals surface area contributed by atoms with Crippen molar-refractivity contribution in [3.63, 3.8) is 0 Å². The first-order chi connectivity index (χ1) is 8.79. The van der Waals surface area contributed by atoms with Gasteiger partial charge in [0.25, 0.3) is 0 Å². The van der Waals surface area contributed by atoms with E-state index in [2.05, 4.69) is 10.3 Å². The van der Waals surface area contributed by atoms with Crippen LogP contribution in [0, 0.1) is 5.92 Å². The van der Waals surface area contributed by atoms with E-state index in [9.17, 15) is 4.79 Å². The topological polar surface area (TPSA) is 51.2 Å². The number of pyridine rings is 1. The van der Waals surface area contributed by atoms with E-state index in [0.29, 0.717) is 12.6 Å². The average molecular weight is 248 g/mol. The van der Waals surface area contributed by atoms with Crippen molar-refractivity contribution in [3.05, 3.63) is 30.1 Å². The van der Waals surface area contributed by atoms with Crippen LogP contribution in [0.25, 0.3) is 0 Å². The van der Waals surface area contributed by atoms with Gasteiger partial charge in [-0.25, -0.2) is 0 Å². The molecular formula is C14H20N2O2. The second-order valence-corrected chi connectivity index (χ2v) is 4.75. The lowest BCUT2D eigenvalue weighted by atomic mass is 9.87. The van der Waals surface area contributed by atoms with Gasteiger partial charge in [-0.2, -0.15) is 0 Å². The highest BCUT2D eigenvalue weighted by Crippen LogP contribution is 2.25. The molecule has 2 rings (SSSR count). The highest BCUT2D eigenvalue weighted by Gasteiger charge is 2.25. The number of methoxy groups -OCH3 is 1. The number of nitrogens with zero attached hydrogens (tertiary/aromatic N) is 1. The average Bonchev–Trinajstić information content (AvgIpc) is 2.46. The van der Waals surface area contributed by atoms with Crippen molar-refractivity contribution in [2.75, 3.05) is 7.11 Å². The number of hydrogen-bond donors (Lipinski definition) is 1.